The van der Waals surface area contributed by atoms with Gasteiger partial charge in [-0.25, -0.2) is 9.97 Å². The van der Waals surface area contributed by atoms with Gasteiger partial charge in [-0.1, -0.05) is 23.7 Å². The number of furan rings is 1. The standard InChI is InChI=1S/C22H19ClN4O3/c1-2-27-5-3-16-15(10-27)21(30-26-16)18-8-12-7-13(23)9-14(20(12)29-18)19-22-17(4-6-28-22)24-11-25-19/h4,6-7,9,11,18H,2-3,5,8,10H2,1H3/t18-/m1/s1. The van der Waals surface area contributed by atoms with E-state index in [1.165, 1.54) is 6.33 Å². The first-order valence-electron chi connectivity index (χ1n) is 10.1. The van der Waals surface area contributed by atoms with Gasteiger partial charge in [0.1, 0.15) is 23.3 Å². The minimum Gasteiger partial charge on any atom is -0.481 e. The highest BCUT2D eigenvalue weighted by atomic mass is 35.5. The summed E-state index contributed by atoms with van der Waals surface area (Å²) in [5.74, 6) is 1.57. The molecule has 0 saturated carbocycles. The summed E-state index contributed by atoms with van der Waals surface area (Å²) in [5.41, 5.74) is 6.04. The van der Waals surface area contributed by atoms with E-state index in [0.717, 1.165) is 65.5 Å². The number of aromatic nitrogens is 3. The van der Waals surface area contributed by atoms with Crippen LogP contribution in [0.15, 0.2) is 39.7 Å². The molecule has 5 heterocycles. The first-order chi connectivity index (χ1) is 14.7. The van der Waals surface area contributed by atoms with Crippen molar-refractivity contribution in [2.45, 2.75) is 32.4 Å². The number of nitrogens with zero attached hydrogens (tertiary/aromatic N) is 4. The van der Waals surface area contributed by atoms with Crippen LogP contribution in [-0.2, 0) is 19.4 Å². The molecule has 0 fully saturated rings. The van der Waals surface area contributed by atoms with E-state index >= 15 is 0 Å². The van der Waals surface area contributed by atoms with Crippen LogP contribution in [0.25, 0.3) is 22.4 Å². The van der Waals surface area contributed by atoms with E-state index in [9.17, 15) is 0 Å². The average molecular weight is 423 g/mol. The van der Waals surface area contributed by atoms with Crippen LogP contribution in [0.2, 0.25) is 5.02 Å². The van der Waals surface area contributed by atoms with Crippen molar-refractivity contribution in [2.75, 3.05) is 13.1 Å². The topological polar surface area (TPSA) is 77.4 Å². The molecule has 1 aromatic carbocycles. The van der Waals surface area contributed by atoms with Crippen LogP contribution in [0, 0.1) is 0 Å². The second kappa shape index (κ2) is 6.82. The predicted octanol–water partition coefficient (Wildman–Crippen LogP) is 4.59. The molecule has 3 aromatic heterocycles. The molecule has 0 N–H and O–H groups in total. The first kappa shape index (κ1) is 17.9. The Morgan fingerprint density at radius 3 is 3.10 bits per heavy atom. The Bertz CT molecular complexity index is 1260. The summed E-state index contributed by atoms with van der Waals surface area (Å²) in [6, 6.07) is 5.62. The zero-order chi connectivity index (χ0) is 20.2. The van der Waals surface area contributed by atoms with Crippen molar-refractivity contribution in [1.29, 1.82) is 0 Å². The summed E-state index contributed by atoms with van der Waals surface area (Å²) in [5, 5.41) is 4.95. The summed E-state index contributed by atoms with van der Waals surface area (Å²) < 4.78 is 17.9. The van der Waals surface area contributed by atoms with Crippen LogP contribution in [0.5, 0.6) is 5.75 Å². The van der Waals surface area contributed by atoms with Crippen molar-refractivity contribution < 1.29 is 13.7 Å². The number of likely N-dealkylation sites (N-methyl/N-ethyl adjacent to an activating group) is 1. The molecule has 2 aliphatic heterocycles. The van der Waals surface area contributed by atoms with Gasteiger partial charge in [0, 0.05) is 53.7 Å². The lowest BCUT2D eigenvalue weighted by Gasteiger charge is -2.25. The SMILES string of the molecule is CCN1CCc2noc([C@H]3Cc4cc(Cl)cc(-c5ncnc6ccoc56)c4O3)c2C1. The number of hydrogen-bond acceptors (Lipinski definition) is 7. The Hall–Kier alpha value is -2.90. The second-order valence-electron chi connectivity index (χ2n) is 7.70. The lowest BCUT2D eigenvalue weighted by atomic mass is 9.99. The smallest absolute Gasteiger partial charge is 0.182 e. The molecule has 0 spiro atoms. The molecule has 30 heavy (non-hydrogen) atoms. The van der Waals surface area contributed by atoms with Crippen LogP contribution < -0.4 is 4.74 Å². The van der Waals surface area contributed by atoms with E-state index in [1.54, 1.807) is 6.26 Å². The van der Waals surface area contributed by atoms with E-state index in [4.69, 9.17) is 25.3 Å². The summed E-state index contributed by atoms with van der Waals surface area (Å²) in [4.78, 5) is 11.1. The molecule has 0 saturated heterocycles. The third kappa shape index (κ3) is 2.73. The van der Waals surface area contributed by atoms with Gasteiger partial charge in [-0.15, -0.1) is 0 Å². The fraction of sp³-hybridized carbons (Fsp3) is 0.318. The Kier molecular flexibility index (Phi) is 4.07. The maximum Gasteiger partial charge on any atom is 0.182 e. The van der Waals surface area contributed by atoms with Crippen molar-refractivity contribution in [2.24, 2.45) is 0 Å². The molecule has 6 rings (SSSR count). The van der Waals surface area contributed by atoms with E-state index in [2.05, 4.69) is 26.9 Å². The molecular formula is C22H19ClN4O3. The molecule has 1 atom stereocenters. The lowest BCUT2D eigenvalue weighted by Crippen LogP contribution is -2.30. The predicted molar refractivity (Wildman–Crippen MR) is 110 cm³/mol. The van der Waals surface area contributed by atoms with Gasteiger partial charge in [0.25, 0.3) is 0 Å². The highest BCUT2D eigenvalue weighted by Crippen LogP contribution is 2.46. The zero-order valence-electron chi connectivity index (χ0n) is 16.4. The molecule has 0 aliphatic carbocycles. The van der Waals surface area contributed by atoms with Gasteiger partial charge in [-0.2, -0.15) is 0 Å². The molecule has 0 unspecified atom stereocenters. The second-order valence-corrected chi connectivity index (χ2v) is 8.14. The number of benzene rings is 1. The molecule has 8 heteroatoms. The molecule has 4 aromatic rings. The minimum absolute atomic E-state index is 0.237. The molecular weight excluding hydrogens is 404 g/mol. The molecule has 7 nitrogen and oxygen atoms in total. The number of rotatable bonds is 3. The maximum atomic E-state index is 6.46. The van der Waals surface area contributed by atoms with Crippen LogP contribution in [0.4, 0.5) is 0 Å². The molecule has 0 radical (unpaired) electrons. The molecule has 2 aliphatic rings. The van der Waals surface area contributed by atoms with Crippen molar-refractivity contribution >= 4 is 22.7 Å². The van der Waals surface area contributed by atoms with E-state index < -0.39 is 0 Å². The van der Waals surface area contributed by atoms with Gasteiger partial charge in [-0.3, -0.25) is 4.90 Å². The van der Waals surface area contributed by atoms with Crippen molar-refractivity contribution in [1.82, 2.24) is 20.0 Å². The number of fused-ring (bicyclic) bond motifs is 3. The largest absolute Gasteiger partial charge is 0.481 e. The third-order valence-corrected chi connectivity index (χ3v) is 6.20. The average Bonchev–Trinajstić information content (AvgIpc) is 3.49. The number of hydrogen-bond donors (Lipinski definition) is 0. The van der Waals surface area contributed by atoms with Crippen molar-refractivity contribution in [3.63, 3.8) is 0 Å². The normalized spacial score (nSPS) is 18.4. The molecule has 0 amide bonds. The summed E-state index contributed by atoms with van der Waals surface area (Å²) in [7, 11) is 0. The fourth-order valence-corrected chi connectivity index (χ4v) is 4.68. The van der Waals surface area contributed by atoms with Crippen LogP contribution in [0.3, 0.4) is 0 Å². The Labute approximate surface area is 177 Å². The van der Waals surface area contributed by atoms with Crippen LogP contribution in [0.1, 0.15) is 35.6 Å². The van der Waals surface area contributed by atoms with Gasteiger partial charge in [0.15, 0.2) is 17.4 Å². The summed E-state index contributed by atoms with van der Waals surface area (Å²) in [6.45, 7) is 5.02. The zero-order valence-corrected chi connectivity index (χ0v) is 17.1. The van der Waals surface area contributed by atoms with Gasteiger partial charge < -0.3 is 13.7 Å². The highest BCUT2D eigenvalue weighted by molar-refractivity contribution is 6.31. The van der Waals surface area contributed by atoms with Gasteiger partial charge in [0.05, 0.1) is 12.0 Å². The molecule has 0 bridgehead atoms. The van der Waals surface area contributed by atoms with E-state index in [0.29, 0.717) is 22.7 Å². The maximum absolute atomic E-state index is 6.46. The van der Waals surface area contributed by atoms with Crippen LogP contribution >= 0.6 is 11.6 Å². The van der Waals surface area contributed by atoms with E-state index in [-0.39, 0.29) is 6.10 Å². The quantitative estimate of drug-likeness (QED) is 0.478. The number of ether oxygens (including phenoxy) is 1. The first-order valence-corrected chi connectivity index (χ1v) is 10.5. The monoisotopic (exact) mass is 422 g/mol. The highest BCUT2D eigenvalue weighted by Gasteiger charge is 2.35. The minimum atomic E-state index is -0.237. The van der Waals surface area contributed by atoms with Gasteiger partial charge >= 0.3 is 0 Å². The fourth-order valence-electron chi connectivity index (χ4n) is 4.44. The lowest BCUT2D eigenvalue weighted by molar-refractivity contribution is 0.186. The van der Waals surface area contributed by atoms with Gasteiger partial charge in [0.2, 0.25) is 0 Å². The Morgan fingerprint density at radius 2 is 2.20 bits per heavy atom. The van der Waals surface area contributed by atoms with Crippen molar-refractivity contribution in [3.05, 3.63) is 58.4 Å². The van der Waals surface area contributed by atoms with Crippen molar-refractivity contribution in [3.8, 4) is 17.0 Å². The molecule has 152 valence electrons. The Morgan fingerprint density at radius 1 is 1.27 bits per heavy atom. The Balaban J connectivity index is 1.42. The number of halogens is 1. The third-order valence-electron chi connectivity index (χ3n) is 5.98. The summed E-state index contributed by atoms with van der Waals surface area (Å²) in [6.07, 6.45) is 4.47. The summed E-state index contributed by atoms with van der Waals surface area (Å²) >= 11 is 6.46. The van der Waals surface area contributed by atoms with Gasteiger partial charge in [-0.05, 0) is 18.7 Å². The van der Waals surface area contributed by atoms with Crippen LogP contribution in [-0.4, -0.2) is 33.1 Å². The van der Waals surface area contributed by atoms with E-state index in [1.807, 2.05) is 18.2 Å².